The van der Waals surface area contributed by atoms with Crippen molar-refractivity contribution in [2.45, 2.75) is 90.4 Å². The Balaban J connectivity index is 1.83. The molecule has 0 saturated carbocycles. The number of benzene rings is 7. The van der Waals surface area contributed by atoms with Gasteiger partial charge in [0.1, 0.15) is 0 Å². The van der Waals surface area contributed by atoms with Gasteiger partial charge in [-0.3, -0.25) is 0 Å². The van der Waals surface area contributed by atoms with Crippen molar-refractivity contribution >= 4 is 76.7 Å². The number of ether oxygens (including phenoxy) is 4. The van der Waals surface area contributed by atoms with E-state index in [4.69, 9.17) is 32.5 Å². The Hall–Kier alpha value is -7.88. The van der Waals surface area contributed by atoms with Crippen molar-refractivity contribution in [2.75, 3.05) is 40.8 Å². The first-order chi connectivity index (χ1) is 43.2. The van der Waals surface area contributed by atoms with Crippen LogP contribution in [0.4, 0.5) is 26.3 Å². The van der Waals surface area contributed by atoms with E-state index < -0.39 is 97.6 Å². The summed E-state index contributed by atoms with van der Waals surface area (Å²) in [5, 5.41) is 2.21. The van der Waals surface area contributed by atoms with Crippen molar-refractivity contribution < 1.29 is 78.0 Å². The standard InChI is InChI=1S/C70H75BF6O11P2/c1-7-9-11-19-33-52(63(65(78)82-3)66(79)83-4)50-89(57-35-21-13-22-36-57,58-37-23-14-24-38-58,59-39-25-15-26-40-59)87-71(86-56-48-54(69(72,73)74)47-55(49-56)70(75,76)77)88-90(60-41-27-16-28-42-60,61-43-29-17-30-44-61,62-45-31-18-32-46-62)51-53(34-20-12-10-8-2)64(67(80)84-5)68(81)85-6/h13-18,21-32,35-49H,7-12,19-20,33-34,50-51H2,1-6H3. The first kappa shape index (κ1) is 69.6. The third kappa shape index (κ3) is 14.8. The quantitative estimate of drug-likeness (QED) is 0.00490. The molecule has 0 amide bonds. The van der Waals surface area contributed by atoms with E-state index in [-0.39, 0.29) is 30.1 Å². The van der Waals surface area contributed by atoms with Gasteiger partial charge in [0.05, 0.1) is 0 Å². The summed E-state index contributed by atoms with van der Waals surface area (Å²) in [7, 11) is 1.93. The molecule has 476 valence electrons. The Labute approximate surface area is 522 Å². The van der Waals surface area contributed by atoms with Crippen molar-refractivity contribution in [3.05, 3.63) is 234 Å². The first-order valence-electron chi connectivity index (χ1n) is 29.7. The second-order valence-electron chi connectivity index (χ2n) is 21.7. The van der Waals surface area contributed by atoms with Crippen LogP contribution in [-0.4, -0.2) is 72.0 Å². The fraction of sp³-hybridized carbons (Fsp3) is 0.286. The van der Waals surface area contributed by atoms with Gasteiger partial charge in [-0.15, -0.1) is 0 Å². The molecule has 0 N–H and O–H groups in total. The topological polar surface area (TPSA) is 133 Å². The van der Waals surface area contributed by atoms with Gasteiger partial charge in [-0.25, -0.2) is 0 Å². The molecule has 0 aromatic heterocycles. The van der Waals surface area contributed by atoms with E-state index in [1.807, 2.05) is 13.8 Å². The summed E-state index contributed by atoms with van der Waals surface area (Å²) >= 11 is 0. The minimum atomic E-state index is -5.56. The van der Waals surface area contributed by atoms with Crippen LogP contribution in [0.1, 0.15) is 89.2 Å². The maximum absolute atomic E-state index is 15.3. The number of hydrogen-bond donors (Lipinski definition) is 0. The fourth-order valence-corrected chi connectivity index (χ4v) is 23.5. The summed E-state index contributed by atoms with van der Waals surface area (Å²) in [5.41, 5.74) is -4.06. The van der Waals surface area contributed by atoms with E-state index >= 15 is 26.3 Å². The molecule has 11 nitrogen and oxygen atoms in total. The summed E-state index contributed by atoms with van der Waals surface area (Å²) < 4.78 is 137. The van der Waals surface area contributed by atoms with E-state index in [0.717, 1.165) is 54.1 Å². The van der Waals surface area contributed by atoms with Crippen molar-refractivity contribution in [1.29, 1.82) is 0 Å². The van der Waals surface area contributed by atoms with Crippen molar-refractivity contribution in [3.63, 3.8) is 0 Å². The zero-order valence-electron chi connectivity index (χ0n) is 51.3. The molecule has 0 aliphatic heterocycles. The van der Waals surface area contributed by atoms with Crippen LogP contribution >= 0.6 is 13.7 Å². The van der Waals surface area contributed by atoms with Gasteiger partial charge >= 0.3 is 525 Å². The summed E-state index contributed by atoms with van der Waals surface area (Å²) in [6.45, 7) is -7.09. The number of methoxy groups -OCH3 is 4. The van der Waals surface area contributed by atoms with Crippen molar-refractivity contribution in [3.8, 4) is 5.75 Å². The van der Waals surface area contributed by atoms with Gasteiger partial charge in [-0.1, -0.05) is 0 Å². The van der Waals surface area contributed by atoms with Crippen LogP contribution in [0, 0.1) is 0 Å². The average Bonchev–Trinajstić information content (AvgIpc) is 0.694. The number of esters is 4. The van der Waals surface area contributed by atoms with Gasteiger partial charge in [-0.05, 0) is 0 Å². The van der Waals surface area contributed by atoms with Gasteiger partial charge < -0.3 is 0 Å². The molecule has 0 bridgehead atoms. The van der Waals surface area contributed by atoms with Crippen LogP contribution in [0.2, 0.25) is 0 Å². The molecule has 0 radical (unpaired) electrons. The zero-order valence-corrected chi connectivity index (χ0v) is 53.1. The molecule has 7 aromatic rings. The fourth-order valence-electron chi connectivity index (χ4n) is 11.9. The van der Waals surface area contributed by atoms with Gasteiger partial charge in [-0.2, -0.15) is 0 Å². The van der Waals surface area contributed by atoms with Gasteiger partial charge in [0.15, 0.2) is 0 Å². The number of halogens is 6. The summed E-state index contributed by atoms with van der Waals surface area (Å²) in [5.74, 6) is -5.23. The Morgan fingerprint density at radius 2 is 0.633 bits per heavy atom. The summed E-state index contributed by atoms with van der Waals surface area (Å²) in [6, 6.07) is 53.1. The van der Waals surface area contributed by atoms with Crippen LogP contribution in [0.5, 0.6) is 5.75 Å². The molecule has 20 heteroatoms. The number of rotatable bonds is 30. The Bertz CT molecular complexity index is 3130. The van der Waals surface area contributed by atoms with Crippen molar-refractivity contribution in [1.82, 2.24) is 0 Å². The molecule has 7 rings (SSSR count). The van der Waals surface area contributed by atoms with E-state index in [1.54, 1.807) is 182 Å². The monoisotopic (exact) mass is 1280 g/mol. The number of unbranched alkanes of at least 4 members (excludes halogenated alkanes) is 6. The summed E-state index contributed by atoms with van der Waals surface area (Å²) in [4.78, 5) is 58.1. The SMILES string of the molecule is CCCCCCC(CP(OB(Oc1cc(C(F)(F)F)cc(C(F)(F)F)c1)OP(CC(CCCCCC)=C(C(=O)OC)C(=O)OC)(c1ccccc1)(c1ccccc1)c1ccccc1)(c1ccccc1)(c1ccccc1)c1ccccc1)=C(C(=O)OC)C(=O)OC. The minimum absolute atomic E-state index is 0.0209. The predicted molar refractivity (Wildman–Crippen MR) is 345 cm³/mol. The first-order valence-corrected chi connectivity index (χ1v) is 34.4. The van der Waals surface area contributed by atoms with Crippen LogP contribution in [0.25, 0.3) is 0 Å². The molecule has 0 aliphatic rings. The zero-order chi connectivity index (χ0) is 65.1. The number of alkyl halides is 6. The molecule has 90 heavy (non-hydrogen) atoms. The van der Waals surface area contributed by atoms with Gasteiger partial charge in [0.25, 0.3) is 0 Å². The van der Waals surface area contributed by atoms with Crippen molar-refractivity contribution in [2.24, 2.45) is 0 Å². The van der Waals surface area contributed by atoms with Crippen LogP contribution < -0.4 is 36.5 Å². The van der Waals surface area contributed by atoms with E-state index in [9.17, 15) is 19.2 Å². The second kappa shape index (κ2) is 30.8. The normalized spacial score (nSPS) is 12.6. The molecule has 0 unspecified atom stereocenters. The molecular weight excluding hydrogens is 1200 g/mol. The predicted octanol–water partition coefficient (Wildman–Crippen LogP) is 14.2. The molecule has 0 atom stereocenters. The van der Waals surface area contributed by atoms with E-state index in [0.29, 0.717) is 69.6 Å². The van der Waals surface area contributed by atoms with Crippen LogP contribution in [-0.2, 0) is 59.4 Å². The Kier molecular flexibility index (Phi) is 23.8. The third-order valence-electron chi connectivity index (χ3n) is 16.2. The number of hydrogen-bond acceptors (Lipinski definition) is 11. The van der Waals surface area contributed by atoms with E-state index in [1.165, 1.54) is 0 Å². The van der Waals surface area contributed by atoms with Crippen LogP contribution in [0.15, 0.2) is 222 Å². The number of carbonyl (C=O) groups is 4. The average molecular weight is 1280 g/mol. The van der Waals surface area contributed by atoms with Crippen LogP contribution in [0.3, 0.4) is 0 Å². The molecular formula is C70H75BF6O11P2. The Morgan fingerprint density at radius 3 is 0.856 bits per heavy atom. The molecule has 0 fully saturated rings. The molecule has 7 aromatic carbocycles. The third-order valence-corrected chi connectivity index (χ3v) is 27.7. The van der Waals surface area contributed by atoms with Gasteiger partial charge in [0, 0.05) is 0 Å². The molecule has 0 saturated heterocycles. The molecule has 0 aliphatic carbocycles. The molecule has 0 spiro atoms. The van der Waals surface area contributed by atoms with E-state index in [2.05, 4.69) is 0 Å². The molecule has 0 heterocycles. The number of allylic oxidation sites excluding steroid dienone is 2. The number of carbonyl (C=O) groups excluding carboxylic acids is 4. The summed E-state index contributed by atoms with van der Waals surface area (Å²) in [6.07, 6.45) is -6.39. The maximum atomic E-state index is 15.3. The van der Waals surface area contributed by atoms with Gasteiger partial charge in [0.2, 0.25) is 0 Å². The Morgan fingerprint density at radius 1 is 0.378 bits per heavy atom. The second-order valence-corrected chi connectivity index (χ2v) is 30.7.